The van der Waals surface area contributed by atoms with Crippen molar-refractivity contribution in [3.63, 3.8) is 0 Å². The maximum absolute atomic E-state index is 13.3. The summed E-state index contributed by atoms with van der Waals surface area (Å²) in [5.74, 6) is -0.520. The average Bonchev–Trinajstić information content (AvgIpc) is 3.28. The molecule has 23 heavy (non-hydrogen) atoms. The van der Waals surface area contributed by atoms with E-state index in [1.165, 1.54) is 5.56 Å². The van der Waals surface area contributed by atoms with E-state index in [1.54, 1.807) is 0 Å². The molecule has 118 valence electrons. The molecule has 4 nitrogen and oxygen atoms in total. The Balaban J connectivity index is 1.52. The van der Waals surface area contributed by atoms with E-state index in [2.05, 4.69) is 18.2 Å². The van der Waals surface area contributed by atoms with Gasteiger partial charge in [0.2, 0.25) is 5.91 Å². The molecule has 1 N–H and O–H groups in total. The topological polar surface area (TPSA) is 57.6 Å². The second kappa shape index (κ2) is 4.47. The highest BCUT2D eigenvalue weighted by Crippen LogP contribution is 2.64. The van der Waals surface area contributed by atoms with Crippen LogP contribution in [-0.4, -0.2) is 23.5 Å². The van der Waals surface area contributed by atoms with Crippen LogP contribution in [0.4, 0.5) is 5.69 Å². The fourth-order valence-electron chi connectivity index (χ4n) is 5.30. The molecule has 1 amide bonds. The molecule has 0 radical (unpaired) electrons. The normalized spacial score (nSPS) is 39.0. The lowest BCUT2D eigenvalue weighted by atomic mass is 9.62. The molecule has 4 heteroatoms. The maximum atomic E-state index is 13.3. The zero-order chi connectivity index (χ0) is 15.7. The van der Waals surface area contributed by atoms with Crippen LogP contribution in [0.2, 0.25) is 0 Å². The molecule has 0 aromatic heterocycles. The van der Waals surface area contributed by atoms with Crippen LogP contribution < -0.4 is 4.90 Å². The Kier molecular flexibility index (Phi) is 2.59. The van der Waals surface area contributed by atoms with E-state index in [4.69, 9.17) is 0 Å². The summed E-state index contributed by atoms with van der Waals surface area (Å²) in [6, 6.07) is 7.98. The van der Waals surface area contributed by atoms with Gasteiger partial charge in [0.25, 0.3) is 0 Å². The summed E-state index contributed by atoms with van der Waals surface area (Å²) in [5, 5.41) is 9.75. The van der Waals surface area contributed by atoms with E-state index in [0.717, 1.165) is 18.5 Å². The van der Waals surface area contributed by atoms with Crippen molar-refractivity contribution in [3.05, 3.63) is 42.0 Å². The van der Waals surface area contributed by atoms with Gasteiger partial charge in [-0.25, -0.2) is 0 Å². The summed E-state index contributed by atoms with van der Waals surface area (Å²) < 4.78 is 0. The number of benzene rings is 1. The Morgan fingerprint density at radius 3 is 2.48 bits per heavy atom. The van der Waals surface area contributed by atoms with Crippen molar-refractivity contribution in [3.8, 4) is 0 Å². The van der Waals surface area contributed by atoms with Gasteiger partial charge in [-0.15, -0.1) is 0 Å². The Bertz CT molecular complexity index is 740. The molecule has 1 aliphatic heterocycles. The van der Waals surface area contributed by atoms with Crippen molar-refractivity contribution < 1.29 is 14.7 Å². The van der Waals surface area contributed by atoms with E-state index < -0.39 is 17.8 Å². The number of hydrogen-bond donors (Lipinski definition) is 1. The molecule has 2 saturated carbocycles. The molecule has 1 aromatic rings. The molecule has 0 saturated heterocycles. The van der Waals surface area contributed by atoms with Gasteiger partial charge in [0.15, 0.2) is 0 Å². The average molecular weight is 309 g/mol. The summed E-state index contributed by atoms with van der Waals surface area (Å²) >= 11 is 0. The maximum Gasteiger partial charge on any atom is 0.307 e. The van der Waals surface area contributed by atoms with E-state index >= 15 is 0 Å². The number of hydrogen-bond acceptors (Lipinski definition) is 2. The minimum absolute atomic E-state index is 0.0204. The van der Waals surface area contributed by atoms with Crippen molar-refractivity contribution in [1.29, 1.82) is 0 Å². The van der Waals surface area contributed by atoms with Gasteiger partial charge in [-0.05, 0) is 48.1 Å². The SMILES string of the molecule is O=C(O)[C@@H]1[C@H]2C=C[C@@H]([C@@H]3C[C@@H]23)[C@@H]1C(=O)N1CCc2ccccc21. The Labute approximate surface area is 134 Å². The molecule has 1 aromatic carbocycles. The lowest BCUT2D eigenvalue weighted by molar-refractivity contribution is -0.152. The summed E-state index contributed by atoms with van der Waals surface area (Å²) in [7, 11) is 0. The number of allylic oxidation sites excluding steroid dienone is 2. The van der Waals surface area contributed by atoms with Gasteiger partial charge in [-0.2, -0.15) is 0 Å². The van der Waals surface area contributed by atoms with E-state index in [-0.39, 0.29) is 17.7 Å². The summed E-state index contributed by atoms with van der Waals surface area (Å²) in [5.41, 5.74) is 2.16. The highest BCUT2D eigenvalue weighted by molar-refractivity contribution is 5.99. The number of fused-ring (bicyclic) bond motifs is 2. The number of para-hydroxylation sites is 1. The monoisotopic (exact) mass is 309 g/mol. The zero-order valence-corrected chi connectivity index (χ0v) is 12.8. The van der Waals surface area contributed by atoms with Gasteiger partial charge >= 0.3 is 5.97 Å². The van der Waals surface area contributed by atoms with Gasteiger partial charge in [-0.1, -0.05) is 30.4 Å². The lowest BCUT2D eigenvalue weighted by Gasteiger charge is -2.43. The minimum atomic E-state index is -0.805. The Morgan fingerprint density at radius 2 is 1.74 bits per heavy atom. The first kappa shape index (κ1) is 13.3. The third kappa shape index (κ3) is 1.72. The van der Waals surface area contributed by atoms with Crippen molar-refractivity contribution in [1.82, 2.24) is 0 Å². The number of aliphatic carboxylic acids is 1. The number of carboxylic acid groups (broad SMARTS) is 1. The second-order valence-electron chi connectivity index (χ2n) is 7.36. The highest BCUT2D eigenvalue weighted by Gasteiger charge is 2.63. The van der Waals surface area contributed by atoms with Crippen LogP contribution in [0, 0.1) is 35.5 Å². The van der Waals surface area contributed by atoms with Crippen molar-refractivity contribution in [2.24, 2.45) is 35.5 Å². The first-order valence-electron chi connectivity index (χ1n) is 8.47. The number of carboxylic acids is 1. The van der Waals surface area contributed by atoms with Gasteiger partial charge in [-0.3, -0.25) is 9.59 Å². The van der Waals surface area contributed by atoms with Crippen molar-refractivity contribution in [2.75, 3.05) is 11.4 Å². The third-order valence-corrected chi connectivity index (χ3v) is 6.38. The van der Waals surface area contributed by atoms with Crippen LogP contribution in [-0.2, 0) is 16.0 Å². The minimum Gasteiger partial charge on any atom is -0.481 e. The number of rotatable bonds is 2. The van der Waals surface area contributed by atoms with Gasteiger partial charge in [0, 0.05) is 12.2 Å². The van der Waals surface area contributed by atoms with Gasteiger partial charge in [0.05, 0.1) is 11.8 Å². The first-order valence-corrected chi connectivity index (χ1v) is 8.47. The van der Waals surface area contributed by atoms with Crippen molar-refractivity contribution in [2.45, 2.75) is 12.8 Å². The smallest absolute Gasteiger partial charge is 0.307 e. The summed E-state index contributed by atoms with van der Waals surface area (Å²) in [6.07, 6.45) is 6.15. The van der Waals surface area contributed by atoms with Gasteiger partial charge < -0.3 is 10.0 Å². The zero-order valence-electron chi connectivity index (χ0n) is 12.8. The largest absolute Gasteiger partial charge is 0.481 e. The second-order valence-corrected chi connectivity index (χ2v) is 7.36. The van der Waals surface area contributed by atoms with Crippen molar-refractivity contribution >= 4 is 17.6 Å². The molecule has 5 aliphatic rings. The predicted octanol–water partition coefficient (Wildman–Crippen LogP) is 2.34. The fraction of sp³-hybridized carbons (Fsp3) is 0.474. The molecule has 6 rings (SSSR count). The van der Waals surface area contributed by atoms with E-state index in [0.29, 0.717) is 18.4 Å². The first-order chi connectivity index (χ1) is 11.2. The number of amides is 1. The molecule has 2 fully saturated rings. The third-order valence-electron chi connectivity index (χ3n) is 6.38. The van der Waals surface area contributed by atoms with Crippen LogP contribution >= 0.6 is 0 Å². The quantitative estimate of drug-likeness (QED) is 0.853. The Hall–Kier alpha value is -2.10. The number of carbonyl (C=O) groups is 2. The van der Waals surface area contributed by atoms with E-state index in [1.807, 2.05) is 23.1 Å². The predicted molar refractivity (Wildman–Crippen MR) is 84.8 cm³/mol. The number of nitrogens with zero attached hydrogens (tertiary/aromatic N) is 1. The Morgan fingerprint density at radius 1 is 1.04 bits per heavy atom. The van der Waals surface area contributed by atoms with Crippen LogP contribution in [0.25, 0.3) is 0 Å². The lowest BCUT2D eigenvalue weighted by Crippen LogP contribution is -2.51. The highest BCUT2D eigenvalue weighted by atomic mass is 16.4. The molecule has 0 spiro atoms. The summed E-state index contributed by atoms with van der Waals surface area (Å²) in [4.78, 5) is 27.0. The number of anilines is 1. The van der Waals surface area contributed by atoms with Crippen LogP contribution in [0.1, 0.15) is 12.0 Å². The van der Waals surface area contributed by atoms with E-state index in [9.17, 15) is 14.7 Å². The molecule has 1 heterocycles. The van der Waals surface area contributed by atoms with Crippen LogP contribution in [0.3, 0.4) is 0 Å². The van der Waals surface area contributed by atoms with Crippen LogP contribution in [0.15, 0.2) is 36.4 Å². The molecular formula is C19H19NO3. The number of carbonyl (C=O) groups excluding carboxylic acids is 1. The molecule has 0 unspecified atom stereocenters. The summed E-state index contributed by atoms with van der Waals surface area (Å²) in [6.45, 7) is 0.677. The standard InChI is InChI=1S/C19H19NO3/c21-18(20-8-7-10-3-1-2-4-15(10)20)16-11-5-6-12(14-9-13(11)14)17(16)19(22)23/h1-6,11-14,16-17H,7-9H2,(H,22,23)/t11-,12-,13-,14-,16-,17+/m0/s1. The molecule has 4 aliphatic carbocycles. The van der Waals surface area contributed by atoms with Crippen LogP contribution in [0.5, 0.6) is 0 Å². The molecule has 2 bridgehead atoms. The molecule has 6 atom stereocenters. The molecular weight excluding hydrogens is 290 g/mol. The van der Waals surface area contributed by atoms with Gasteiger partial charge in [0.1, 0.15) is 0 Å². The fourth-order valence-corrected chi connectivity index (χ4v) is 5.30.